The number of amidine groups is 1. The molecule has 0 bridgehead atoms. The Labute approximate surface area is 82.0 Å². The van der Waals surface area contributed by atoms with Gasteiger partial charge in [-0.05, 0) is 17.7 Å². The first-order chi connectivity index (χ1) is 6.15. The van der Waals surface area contributed by atoms with Crippen molar-refractivity contribution < 1.29 is 4.74 Å². The summed E-state index contributed by atoms with van der Waals surface area (Å²) < 4.78 is 4.96. The SMILES string of the molecule is COCc1ccc(Cl)cc1C(=N)N. The van der Waals surface area contributed by atoms with Crippen LogP contribution >= 0.6 is 11.6 Å². The van der Waals surface area contributed by atoms with Crippen molar-refractivity contribution in [2.75, 3.05) is 7.11 Å². The standard InChI is InChI=1S/C9H11ClN2O/c1-13-5-6-2-3-7(10)4-8(6)9(11)12/h2-4H,5H2,1H3,(H3,11,12). The largest absolute Gasteiger partial charge is 0.384 e. The molecule has 0 spiro atoms. The first kappa shape index (κ1) is 10.0. The van der Waals surface area contributed by atoms with Crippen LogP contribution in [0.1, 0.15) is 11.1 Å². The van der Waals surface area contributed by atoms with Gasteiger partial charge >= 0.3 is 0 Å². The Kier molecular flexibility index (Phi) is 3.28. The van der Waals surface area contributed by atoms with Gasteiger partial charge in [-0.3, -0.25) is 5.41 Å². The third kappa shape index (κ3) is 2.44. The van der Waals surface area contributed by atoms with Crippen LogP contribution in [0, 0.1) is 5.41 Å². The van der Waals surface area contributed by atoms with Crippen LogP contribution in [0.3, 0.4) is 0 Å². The summed E-state index contributed by atoms with van der Waals surface area (Å²) in [7, 11) is 1.60. The Morgan fingerprint density at radius 3 is 2.85 bits per heavy atom. The zero-order valence-electron chi connectivity index (χ0n) is 7.30. The molecule has 0 aliphatic carbocycles. The lowest BCUT2D eigenvalue weighted by atomic mass is 10.1. The first-order valence-corrected chi connectivity index (χ1v) is 4.14. The van der Waals surface area contributed by atoms with Crippen LogP contribution in [-0.2, 0) is 11.3 Å². The lowest BCUT2D eigenvalue weighted by Crippen LogP contribution is -2.14. The maximum absolute atomic E-state index is 7.31. The van der Waals surface area contributed by atoms with Gasteiger partial charge in [-0.25, -0.2) is 0 Å². The molecule has 0 amide bonds. The van der Waals surface area contributed by atoms with Gasteiger partial charge in [0, 0.05) is 17.7 Å². The van der Waals surface area contributed by atoms with Gasteiger partial charge in [0.25, 0.3) is 0 Å². The average Bonchev–Trinajstić information content (AvgIpc) is 2.08. The number of halogens is 1. The van der Waals surface area contributed by atoms with E-state index in [1.54, 1.807) is 19.2 Å². The number of benzene rings is 1. The lowest BCUT2D eigenvalue weighted by Gasteiger charge is -2.07. The van der Waals surface area contributed by atoms with E-state index in [0.29, 0.717) is 17.2 Å². The highest BCUT2D eigenvalue weighted by Gasteiger charge is 2.05. The van der Waals surface area contributed by atoms with Crippen molar-refractivity contribution in [3.63, 3.8) is 0 Å². The topological polar surface area (TPSA) is 59.1 Å². The lowest BCUT2D eigenvalue weighted by molar-refractivity contribution is 0.185. The molecule has 0 fully saturated rings. The average molecular weight is 199 g/mol. The highest BCUT2D eigenvalue weighted by Crippen LogP contribution is 2.16. The molecule has 0 unspecified atom stereocenters. The number of hydrogen-bond acceptors (Lipinski definition) is 2. The van der Waals surface area contributed by atoms with Crippen molar-refractivity contribution in [2.24, 2.45) is 5.73 Å². The monoisotopic (exact) mass is 198 g/mol. The zero-order chi connectivity index (χ0) is 9.84. The van der Waals surface area contributed by atoms with E-state index in [1.807, 2.05) is 6.07 Å². The molecule has 0 aromatic heterocycles. The van der Waals surface area contributed by atoms with E-state index in [9.17, 15) is 0 Å². The van der Waals surface area contributed by atoms with Gasteiger partial charge in [0.15, 0.2) is 0 Å². The van der Waals surface area contributed by atoms with Crippen LogP contribution in [0.4, 0.5) is 0 Å². The van der Waals surface area contributed by atoms with Crippen molar-refractivity contribution in [2.45, 2.75) is 6.61 Å². The number of rotatable bonds is 3. The van der Waals surface area contributed by atoms with Gasteiger partial charge in [-0.1, -0.05) is 17.7 Å². The molecule has 0 atom stereocenters. The summed E-state index contributed by atoms with van der Waals surface area (Å²) in [6, 6.07) is 5.23. The highest BCUT2D eigenvalue weighted by molar-refractivity contribution is 6.31. The molecule has 0 saturated heterocycles. The molecule has 1 aromatic carbocycles. The number of nitrogens with one attached hydrogen (secondary N) is 1. The second-order valence-electron chi connectivity index (χ2n) is 2.65. The van der Waals surface area contributed by atoms with Crippen LogP contribution in [-0.4, -0.2) is 12.9 Å². The quantitative estimate of drug-likeness (QED) is 0.575. The van der Waals surface area contributed by atoms with Gasteiger partial charge < -0.3 is 10.5 Å². The van der Waals surface area contributed by atoms with Crippen molar-refractivity contribution in [3.8, 4) is 0 Å². The van der Waals surface area contributed by atoms with Crippen molar-refractivity contribution in [1.29, 1.82) is 5.41 Å². The van der Waals surface area contributed by atoms with Crippen LogP contribution < -0.4 is 5.73 Å². The summed E-state index contributed by atoms with van der Waals surface area (Å²) >= 11 is 5.77. The number of nitrogen functional groups attached to an aromatic ring is 1. The molecular formula is C9H11ClN2O. The van der Waals surface area contributed by atoms with Gasteiger partial charge in [-0.15, -0.1) is 0 Å². The van der Waals surface area contributed by atoms with Crippen molar-refractivity contribution in [3.05, 3.63) is 34.3 Å². The number of ether oxygens (including phenoxy) is 1. The van der Waals surface area contributed by atoms with E-state index in [1.165, 1.54) is 0 Å². The fourth-order valence-corrected chi connectivity index (χ4v) is 1.25. The Balaban J connectivity index is 3.10. The molecule has 0 aliphatic rings. The number of methoxy groups -OCH3 is 1. The molecule has 13 heavy (non-hydrogen) atoms. The number of hydrogen-bond donors (Lipinski definition) is 2. The molecule has 70 valence electrons. The molecule has 4 heteroatoms. The maximum atomic E-state index is 7.31. The predicted molar refractivity (Wildman–Crippen MR) is 53.2 cm³/mol. The normalized spacial score (nSPS) is 10.0. The fraction of sp³-hybridized carbons (Fsp3) is 0.222. The summed E-state index contributed by atoms with van der Waals surface area (Å²) in [5.41, 5.74) is 6.89. The predicted octanol–water partition coefficient (Wildman–Crippen LogP) is 1.77. The highest BCUT2D eigenvalue weighted by atomic mass is 35.5. The Hall–Kier alpha value is -1.06. The Bertz CT molecular complexity index is 325. The van der Waals surface area contributed by atoms with Gasteiger partial charge in [0.2, 0.25) is 0 Å². The minimum absolute atomic E-state index is 0.00884. The Morgan fingerprint density at radius 2 is 2.31 bits per heavy atom. The van der Waals surface area contributed by atoms with Gasteiger partial charge in [-0.2, -0.15) is 0 Å². The van der Waals surface area contributed by atoms with Crippen molar-refractivity contribution >= 4 is 17.4 Å². The smallest absolute Gasteiger partial charge is 0.123 e. The molecule has 3 nitrogen and oxygen atoms in total. The maximum Gasteiger partial charge on any atom is 0.123 e. The van der Waals surface area contributed by atoms with Gasteiger partial charge in [0.1, 0.15) is 5.84 Å². The summed E-state index contributed by atoms with van der Waals surface area (Å²) in [6.07, 6.45) is 0. The van der Waals surface area contributed by atoms with E-state index in [2.05, 4.69) is 0 Å². The molecule has 3 N–H and O–H groups in total. The summed E-state index contributed by atoms with van der Waals surface area (Å²) in [5, 5.41) is 7.89. The van der Waals surface area contributed by atoms with Crippen LogP contribution in [0.2, 0.25) is 5.02 Å². The fourth-order valence-electron chi connectivity index (χ4n) is 1.08. The minimum Gasteiger partial charge on any atom is -0.384 e. The van der Waals surface area contributed by atoms with Gasteiger partial charge in [0.05, 0.1) is 6.61 Å². The van der Waals surface area contributed by atoms with Crippen LogP contribution in [0.5, 0.6) is 0 Å². The molecule has 0 aliphatic heterocycles. The van der Waals surface area contributed by atoms with E-state index < -0.39 is 0 Å². The minimum atomic E-state index is 0.00884. The van der Waals surface area contributed by atoms with E-state index in [-0.39, 0.29) is 5.84 Å². The molecule has 1 rings (SSSR count). The van der Waals surface area contributed by atoms with E-state index in [4.69, 9.17) is 27.5 Å². The molecular weight excluding hydrogens is 188 g/mol. The van der Waals surface area contributed by atoms with Crippen molar-refractivity contribution in [1.82, 2.24) is 0 Å². The first-order valence-electron chi connectivity index (χ1n) is 3.77. The molecule has 0 radical (unpaired) electrons. The van der Waals surface area contributed by atoms with Crippen LogP contribution in [0.25, 0.3) is 0 Å². The molecule has 1 aromatic rings. The Morgan fingerprint density at radius 1 is 1.62 bits per heavy atom. The van der Waals surface area contributed by atoms with E-state index in [0.717, 1.165) is 5.56 Å². The summed E-state index contributed by atoms with van der Waals surface area (Å²) in [4.78, 5) is 0. The van der Waals surface area contributed by atoms with Crippen LogP contribution in [0.15, 0.2) is 18.2 Å². The third-order valence-corrected chi connectivity index (χ3v) is 1.90. The second-order valence-corrected chi connectivity index (χ2v) is 3.08. The number of nitrogens with two attached hydrogens (primary N) is 1. The molecule has 0 heterocycles. The molecule has 0 saturated carbocycles. The summed E-state index contributed by atoms with van der Waals surface area (Å²) in [6.45, 7) is 0.437. The summed E-state index contributed by atoms with van der Waals surface area (Å²) in [5.74, 6) is 0.00884. The second kappa shape index (κ2) is 4.25. The third-order valence-electron chi connectivity index (χ3n) is 1.66. The van der Waals surface area contributed by atoms with E-state index >= 15 is 0 Å². The zero-order valence-corrected chi connectivity index (χ0v) is 8.06.